The predicted octanol–water partition coefficient (Wildman–Crippen LogP) is 7.88. The van der Waals surface area contributed by atoms with Crippen LogP contribution in [0.2, 0.25) is 0 Å². The largest absolute Gasteiger partial charge is 0.313 e. The Morgan fingerprint density at radius 1 is 0.950 bits per heavy atom. The van der Waals surface area contributed by atoms with E-state index in [0.29, 0.717) is 35.5 Å². The summed E-state index contributed by atoms with van der Waals surface area (Å²) < 4.78 is 0. The fraction of sp³-hybridized carbons (Fsp3) is 0.811. The monoisotopic (exact) mass is 541 g/mol. The van der Waals surface area contributed by atoms with Crippen LogP contribution in [0.1, 0.15) is 110 Å². The molecule has 0 bridgehead atoms. The van der Waals surface area contributed by atoms with E-state index in [1.165, 1.54) is 103 Å². The molecule has 3 heteroatoms. The summed E-state index contributed by atoms with van der Waals surface area (Å²) in [5, 5.41) is 4.00. The molecule has 5 fully saturated rings. The number of likely N-dealkylation sites (tertiary alicyclic amines) is 1. The molecule has 3 saturated carbocycles. The predicted molar refractivity (Wildman–Crippen MR) is 167 cm³/mol. The lowest BCUT2D eigenvalue weighted by Gasteiger charge is -2.51. The van der Waals surface area contributed by atoms with Crippen molar-refractivity contribution in [2.24, 2.45) is 45.9 Å². The fourth-order valence-electron chi connectivity index (χ4n) is 12.3. The molecular formula is C37H55N3. The molecule has 0 aromatic rings. The number of hydrogen-bond donors (Lipinski definition) is 1. The molecule has 0 aromatic carbocycles. The lowest BCUT2D eigenvalue weighted by molar-refractivity contribution is -0.0143. The highest BCUT2D eigenvalue weighted by Gasteiger charge is 2.64. The first-order chi connectivity index (χ1) is 19.6. The molecule has 3 aliphatic heterocycles. The van der Waals surface area contributed by atoms with Crippen molar-refractivity contribution in [2.75, 3.05) is 6.54 Å². The van der Waals surface area contributed by atoms with E-state index in [9.17, 15) is 0 Å². The molecule has 8 aliphatic rings. The van der Waals surface area contributed by atoms with Crippen molar-refractivity contribution < 1.29 is 0 Å². The van der Waals surface area contributed by atoms with Gasteiger partial charge in [-0.05, 0) is 142 Å². The minimum absolute atomic E-state index is 0.451. The number of aliphatic imine (C=N–C) groups is 1. The van der Waals surface area contributed by atoms with Crippen LogP contribution < -0.4 is 5.32 Å². The van der Waals surface area contributed by atoms with Crippen LogP contribution in [0.3, 0.4) is 0 Å². The van der Waals surface area contributed by atoms with Crippen LogP contribution in [-0.4, -0.2) is 47.9 Å². The SMILES string of the molecule is CC1(C)C2CCCCC2C2CCC3C4=CC=CCC4N(C4CC(C5CCCC=N5)=CC(C5CCCCN5)C4)C3C21. The molecule has 0 aromatic heterocycles. The van der Waals surface area contributed by atoms with Crippen LogP contribution in [0.4, 0.5) is 0 Å². The lowest BCUT2D eigenvalue weighted by Crippen LogP contribution is -2.55. The topological polar surface area (TPSA) is 27.6 Å². The highest BCUT2D eigenvalue weighted by atomic mass is 15.3. The van der Waals surface area contributed by atoms with Crippen molar-refractivity contribution in [3.05, 3.63) is 35.5 Å². The van der Waals surface area contributed by atoms with E-state index in [1.807, 2.05) is 5.57 Å². The maximum absolute atomic E-state index is 5.13. The van der Waals surface area contributed by atoms with E-state index in [1.54, 1.807) is 5.57 Å². The van der Waals surface area contributed by atoms with Gasteiger partial charge in [0.25, 0.3) is 0 Å². The van der Waals surface area contributed by atoms with Gasteiger partial charge in [-0.3, -0.25) is 9.89 Å². The maximum Gasteiger partial charge on any atom is 0.0706 e. The smallest absolute Gasteiger partial charge is 0.0706 e. The van der Waals surface area contributed by atoms with Gasteiger partial charge in [-0.15, -0.1) is 0 Å². The summed E-state index contributed by atoms with van der Waals surface area (Å²) in [5.74, 6) is 5.28. The molecule has 218 valence electrons. The fourth-order valence-corrected chi connectivity index (χ4v) is 12.3. The summed E-state index contributed by atoms with van der Waals surface area (Å²) in [4.78, 5) is 8.37. The molecule has 11 unspecified atom stereocenters. The summed E-state index contributed by atoms with van der Waals surface area (Å²) in [6.07, 6.45) is 33.2. The molecule has 3 heterocycles. The average molecular weight is 542 g/mol. The summed E-state index contributed by atoms with van der Waals surface area (Å²) in [7, 11) is 0. The lowest BCUT2D eigenvalue weighted by atomic mass is 9.62. The summed E-state index contributed by atoms with van der Waals surface area (Å²) >= 11 is 0. The Labute approximate surface area is 244 Å². The van der Waals surface area contributed by atoms with Crippen LogP contribution in [0.5, 0.6) is 0 Å². The van der Waals surface area contributed by atoms with E-state index in [-0.39, 0.29) is 0 Å². The van der Waals surface area contributed by atoms with Crippen LogP contribution in [0.25, 0.3) is 0 Å². The van der Waals surface area contributed by atoms with Gasteiger partial charge in [0.05, 0.1) is 6.04 Å². The van der Waals surface area contributed by atoms with Crippen molar-refractivity contribution in [3.8, 4) is 0 Å². The Balaban J connectivity index is 1.18. The van der Waals surface area contributed by atoms with Gasteiger partial charge in [-0.25, -0.2) is 0 Å². The molecule has 2 saturated heterocycles. The zero-order valence-electron chi connectivity index (χ0n) is 25.4. The Hall–Kier alpha value is -1.19. The number of piperidine rings is 1. The number of hydrogen-bond acceptors (Lipinski definition) is 3. The molecule has 0 radical (unpaired) electrons. The number of allylic oxidation sites excluding steroid dienone is 2. The van der Waals surface area contributed by atoms with E-state index in [4.69, 9.17) is 4.99 Å². The number of nitrogens with one attached hydrogen (secondary N) is 1. The van der Waals surface area contributed by atoms with Gasteiger partial charge >= 0.3 is 0 Å². The van der Waals surface area contributed by atoms with Gasteiger partial charge in [-0.2, -0.15) is 0 Å². The van der Waals surface area contributed by atoms with Gasteiger partial charge in [0.15, 0.2) is 0 Å². The van der Waals surface area contributed by atoms with E-state index >= 15 is 0 Å². The van der Waals surface area contributed by atoms with Crippen molar-refractivity contribution in [3.63, 3.8) is 0 Å². The first-order valence-corrected chi connectivity index (χ1v) is 17.7. The third-order valence-electron chi connectivity index (χ3n) is 13.8. The second-order valence-corrected chi connectivity index (χ2v) is 15.9. The molecule has 0 amide bonds. The van der Waals surface area contributed by atoms with Crippen LogP contribution in [-0.2, 0) is 0 Å². The zero-order valence-corrected chi connectivity index (χ0v) is 25.4. The highest BCUT2D eigenvalue weighted by molar-refractivity contribution is 5.59. The van der Waals surface area contributed by atoms with Gasteiger partial charge in [-0.1, -0.05) is 57.4 Å². The number of rotatable bonds is 3. The second kappa shape index (κ2) is 10.5. The summed E-state index contributed by atoms with van der Waals surface area (Å²) in [6.45, 7) is 6.67. The van der Waals surface area contributed by atoms with Gasteiger partial charge in [0.1, 0.15) is 0 Å². The van der Waals surface area contributed by atoms with Crippen molar-refractivity contribution in [1.82, 2.24) is 10.2 Å². The van der Waals surface area contributed by atoms with Crippen molar-refractivity contribution >= 4 is 6.21 Å². The Morgan fingerprint density at radius 3 is 2.70 bits per heavy atom. The molecule has 40 heavy (non-hydrogen) atoms. The Bertz CT molecular complexity index is 1070. The van der Waals surface area contributed by atoms with E-state index in [0.717, 1.165) is 35.6 Å². The second-order valence-electron chi connectivity index (χ2n) is 15.9. The molecule has 11 atom stereocenters. The first kappa shape index (κ1) is 26.4. The molecule has 0 spiro atoms. The zero-order chi connectivity index (χ0) is 26.8. The average Bonchev–Trinajstić information content (AvgIpc) is 3.47. The Morgan fingerprint density at radius 2 is 1.85 bits per heavy atom. The standard InChI is InChI=1S/C37H55N3/c1-37(2)31-13-5-3-11-27(31)29-17-18-30-28-12-4-6-16-34(28)40(36(30)35(29)37)26-22-24(32-14-7-9-19-38-32)21-25(23-26)33-15-8-10-20-39-33/h4,6,12,19,21,25-27,29-36,39H,3,5,7-11,13-18,20,22-23H2,1-2H3. The molecule has 3 nitrogen and oxygen atoms in total. The third kappa shape index (κ3) is 4.22. The third-order valence-corrected chi connectivity index (χ3v) is 13.8. The first-order valence-electron chi connectivity index (χ1n) is 17.7. The van der Waals surface area contributed by atoms with Crippen LogP contribution in [0, 0.1) is 40.9 Å². The molecule has 1 N–H and O–H groups in total. The minimum atomic E-state index is 0.451. The van der Waals surface area contributed by atoms with E-state index in [2.05, 4.69) is 54.6 Å². The quantitative estimate of drug-likeness (QED) is 0.368. The van der Waals surface area contributed by atoms with Crippen molar-refractivity contribution in [2.45, 2.75) is 140 Å². The van der Waals surface area contributed by atoms with Crippen LogP contribution >= 0.6 is 0 Å². The normalized spacial score (nSPS) is 48.0. The van der Waals surface area contributed by atoms with Gasteiger partial charge in [0, 0.05) is 24.2 Å². The Kier molecular flexibility index (Phi) is 6.95. The van der Waals surface area contributed by atoms with Gasteiger partial charge < -0.3 is 5.32 Å². The summed E-state index contributed by atoms with van der Waals surface area (Å²) in [6, 6.07) is 3.21. The highest BCUT2D eigenvalue weighted by Crippen LogP contribution is 2.67. The van der Waals surface area contributed by atoms with Crippen molar-refractivity contribution in [1.29, 1.82) is 0 Å². The number of fused-ring (bicyclic) bond motifs is 7. The van der Waals surface area contributed by atoms with E-state index < -0.39 is 0 Å². The number of nitrogens with zero attached hydrogens (tertiary/aromatic N) is 2. The van der Waals surface area contributed by atoms with Crippen LogP contribution in [0.15, 0.2) is 40.4 Å². The molecular weight excluding hydrogens is 486 g/mol. The van der Waals surface area contributed by atoms with Gasteiger partial charge in [0.2, 0.25) is 0 Å². The molecule has 8 rings (SSSR count). The summed E-state index contributed by atoms with van der Waals surface area (Å²) in [5.41, 5.74) is 4.01. The minimum Gasteiger partial charge on any atom is -0.313 e. The molecule has 5 aliphatic carbocycles. The maximum atomic E-state index is 5.13.